The maximum atomic E-state index is 11.8. The van der Waals surface area contributed by atoms with Crippen LogP contribution in [-0.4, -0.2) is 35.5 Å². The molecule has 0 aliphatic heterocycles. The predicted octanol–water partition coefficient (Wildman–Crippen LogP) is 3.13. The number of hydrogen-bond acceptors (Lipinski definition) is 6. The standard InChI is InChI=1S/C15H13N3O2.C6H5N3/c19-14(20-10-12-5-2-1-3-6-12)9-18-11-17-13-7-4-8-16-15(13)18;1-2-5-6(7-3-1)9-4-8-5/h1-8,11H,9-10H2;1-4H,(H,7,8,9). The number of aromatic nitrogens is 6. The van der Waals surface area contributed by atoms with Crippen LogP contribution in [0.3, 0.4) is 0 Å². The summed E-state index contributed by atoms with van der Waals surface area (Å²) in [6, 6.07) is 17.1. The molecule has 29 heavy (non-hydrogen) atoms. The third kappa shape index (κ3) is 4.62. The molecule has 8 heteroatoms. The number of carbonyl (C=O) groups is 1. The zero-order valence-electron chi connectivity index (χ0n) is 15.5. The van der Waals surface area contributed by atoms with Crippen LogP contribution in [0.15, 0.2) is 79.6 Å². The number of esters is 1. The number of pyridine rings is 2. The summed E-state index contributed by atoms with van der Waals surface area (Å²) in [6.45, 7) is 0.389. The smallest absolute Gasteiger partial charge is 0.326 e. The number of fused-ring (bicyclic) bond motifs is 2. The minimum absolute atomic E-state index is 0.111. The number of aromatic amines is 1. The Bertz CT molecular complexity index is 1190. The molecule has 0 amide bonds. The van der Waals surface area contributed by atoms with Crippen LogP contribution < -0.4 is 0 Å². The Balaban J connectivity index is 0.000000188. The van der Waals surface area contributed by atoms with E-state index in [2.05, 4.69) is 24.9 Å². The van der Waals surface area contributed by atoms with E-state index in [0.717, 1.165) is 22.2 Å². The van der Waals surface area contributed by atoms with E-state index in [0.29, 0.717) is 5.65 Å². The lowest BCUT2D eigenvalue weighted by Crippen LogP contribution is -2.13. The third-order valence-corrected chi connectivity index (χ3v) is 4.11. The first-order valence-corrected chi connectivity index (χ1v) is 8.99. The van der Waals surface area contributed by atoms with Crippen molar-refractivity contribution in [3.05, 3.63) is 85.2 Å². The Morgan fingerprint density at radius 1 is 0.931 bits per heavy atom. The molecule has 4 heterocycles. The van der Waals surface area contributed by atoms with Gasteiger partial charge in [0.2, 0.25) is 0 Å². The van der Waals surface area contributed by atoms with Crippen LogP contribution in [0.25, 0.3) is 22.3 Å². The summed E-state index contributed by atoms with van der Waals surface area (Å²) in [5.41, 5.74) is 4.18. The van der Waals surface area contributed by atoms with Gasteiger partial charge in [-0.15, -0.1) is 0 Å². The number of hydrogen-bond donors (Lipinski definition) is 1. The van der Waals surface area contributed by atoms with Crippen molar-refractivity contribution < 1.29 is 9.53 Å². The first-order valence-electron chi connectivity index (χ1n) is 8.99. The van der Waals surface area contributed by atoms with Gasteiger partial charge in [0, 0.05) is 12.4 Å². The van der Waals surface area contributed by atoms with Gasteiger partial charge in [-0.2, -0.15) is 0 Å². The molecule has 144 valence electrons. The Kier molecular flexibility index (Phi) is 5.52. The second-order valence-electron chi connectivity index (χ2n) is 6.14. The summed E-state index contributed by atoms with van der Waals surface area (Å²) in [5.74, 6) is -0.307. The number of H-pyrrole nitrogens is 1. The zero-order valence-corrected chi connectivity index (χ0v) is 15.5. The third-order valence-electron chi connectivity index (χ3n) is 4.11. The van der Waals surface area contributed by atoms with Gasteiger partial charge in [-0.05, 0) is 29.8 Å². The first-order chi connectivity index (χ1) is 14.3. The number of nitrogens with one attached hydrogen (secondary N) is 1. The van der Waals surface area contributed by atoms with E-state index in [9.17, 15) is 4.79 Å². The number of rotatable bonds is 4. The van der Waals surface area contributed by atoms with E-state index >= 15 is 0 Å². The van der Waals surface area contributed by atoms with Gasteiger partial charge in [0.15, 0.2) is 11.3 Å². The molecule has 0 spiro atoms. The minimum Gasteiger partial charge on any atom is -0.459 e. The van der Waals surface area contributed by atoms with Gasteiger partial charge < -0.3 is 14.3 Å². The lowest BCUT2D eigenvalue weighted by atomic mass is 10.2. The van der Waals surface area contributed by atoms with Gasteiger partial charge >= 0.3 is 5.97 Å². The van der Waals surface area contributed by atoms with Crippen molar-refractivity contribution >= 4 is 28.3 Å². The highest BCUT2D eigenvalue weighted by atomic mass is 16.5. The van der Waals surface area contributed by atoms with Crippen LogP contribution in [-0.2, 0) is 22.7 Å². The molecule has 5 aromatic rings. The van der Waals surface area contributed by atoms with Crippen LogP contribution in [0.1, 0.15) is 5.56 Å². The van der Waals surface area contributed by atoms with Crippen molar-refractivity contribution in [2.45, 2.75) is 13.2 Å². The molecule has 0 fully saturated rings. The quantitative estimate of drug-likeness (QED) is 0.477. The predicted molar refractivity (Wildman–Crippen MR) is 108 cm³/mol. The molecule has 0 unspecified atom stereocenters. The van der Waals surface area contributed by atoms with Gasteiger partial charge in [-0.25, -0.2) is 19.9 Å². The van der Waals surface area contributed by atoms with Crippen LogP contribution in [0.2, 0.25) is 0 Å². The summed E-state index contributed by atoms with van der Waals surface area (Å²) in [7, 11) is 0. The number of nitrogens with zero attached hydrogens (tertiary/aromatic N) is 5. The Hall–Kier alpha value is -4.07. The summed E-state index contributed by atoms with van der Waals surface area (Å²) in [6.07, 6.45) is 6.64. The van der Waals surface area contributed by atoms with E-state index < -0.39 is 0 Å². The van der Waals surface area contributed by atoms with Gasteiger partial charge in [0.05, 0.1) is 18.2 Å². The lowest BCUT2D eigenvalue weighted by molar-refractivity contribution is -0.145. The number of carbonyl (C=O) groups excluding carboxylic acids is 1. The molecule has 0 aliphatic rings. The van der Waals surface area contributed by atoms with Crippen molar-refractivity contribution in [2.24, 2.45) is 0 Å². The number of ether oxygens (including phenoxy) is 1. The molecule has 0 saturated carbocycles. The molecule has 1 aromatic carbocycles. The summed E-state index contributed by atoms with van der Waals surface area (Å²) < 4.78 is 6.92. The van der Waals surface area contributed by atoms with Crippen LogP contribution in [0.4, 0.5) is 0 Å². The normalized spacial score (nSPS) is 10.5. The number of imidazole rings is 2. The fourth-order valence-electron chi connectivity index (χ4n) is 2.71. The monoisotopic (exact) mass is 386 g/mol. The maximum absolute atomic E-state index is 11.8. The second kappa shape index (κ2) is 8.75. The average Bonchev–Trinajstić information content (AvgIpc) is 3.41. The molecular formula is C21H18N6O2. The highest BCUT2D eigenvalue weighted by Gasteiger charge is 2.09. The summed E-state index contributed by atoms with van der Waals surface area (Å²) in [4.78, 5) is 31.1. The lowest BCUT2D eigenvalue weighted by Gasteiger charge is -2.05. The van der Waals surface area contributed by atoms with Crippen LogP contribution in [0, 0.1) is 0 Å². The van der Waals surface area contributed by atoms with Crippen molar-refractivity contribution in [3.8, 4) is 0 Å². The molecule has 0 saturated heterocycles. The van der Waals surface area contributed by atoms with Gasteiger partial charge in [0.25, 0.3) is 0 Å². The average molecular weight is 386 g/mol. The largest absolute Gasteiger partial charge is 0.459 e. The number of benzene rings is 1. The Morgan fingerprint density at radius 2 is 1.76 bits per heavy atom. The van der Waals surface area contributed by atoms with Crippen LogP contribution in [0.5, 0.6) is 0 Å². The van der Waals surface area contributed by atoms with Gasteiger partial charge in [0.1, 0.15) is 18.7 Å². The van der Waals surface area contributed by atoms with E-state index in [4.69, 9.17) is 4.74 Å². The molecule has 0 bridgehead atoms. The highest BCUT2D eigenvalue weighted by Crippen LogP contribution is 2.09. The fraction of sp³-hybridized carbons (Fsp3) is 0.0952. The molecule has 5 rings (SSSR count). The van der Waals surface area contributed by atoms with Gasteiger partial charge in [-0.3, -0.25) is 4.79 Å². The van der Waals surface area contributed by atoms with E-state index in [1.54, 1.807) is 29.6 Å². The molecule has 0 aliphatic carbocycles. The summed E-state index contributed by atoms with van der Waals surface area (Å²) >= 11 is 0. The molecule has 8 nitrogen and oxygen atoms in total. The highest BCUT2D eigenvalue weighted by molar-refractivity contribution is 5.75. The molecule has 1 N–H and O–H groups in total. The minimum atomic E-state index is -0.307. The van der Waals surface area contributed by atoms with Crippen molar-refractivity contribution in [1.82, 2.24) is 29.5 Å². The zero-order chi connectivity index (χ0) is 19.9. The fourth-order valence-corrected chi connectivity index (χ4v) is 2.71. The second-order valence-corrected chi connectivity index (χ2v) is 6.14. The first kappa shape index (κ1) is 18.3. The van der Waals surface area contributed by atoms with Crippen LogP contribution >= 0.6 is 0 Å². The molecular weight excluding hydrogens is 368 g/mol. The van der Waals surface area contributed by atoms with E-state index in [1.165, 1.54) is 0 Å². The molecule has 0 atom stereocenters. The topological polar surface area (TPSA) is 98.6 Å². The maximum Gasteiger partial charge on any atom is 0.326 e. The molecule has 4 aromatic heterocycles. The van der Waals surface area contributed by atoms with Crippen molar-refractivity contribution in [1.29, 1.82) is 0 Å². The van der Waals surface area contributed by atoms with E-state index in [-0.39, 0.29) is 19.1 Å². The van der Waals surface area contributed by atoms with E-state index in [1.807, 2.05) is 54.6 Å². The Labute approximate surface area is 166 Å². The van der Waals surface area contributed by atoms with Crippen molar-refractivity contribution in [2.75, 3.05) is 0 Å². The Morgan fingerprint density at radius 3 is 2.62 bits per heavy atom. The van der Waals surface area contributed by atoms with Gasteiger partial charge in [-0.1, -0.05) is 30.3 Å². The molecule has 0 radical (unpaired) electrons. The summed E-state index contributed by atoms with van der Waals surface area (Å²) in [5, 5.41) is 0. The van der Waals surface area contributed by atoms with Crippen molar-refractivity contribution in [3.63, 3.8) is 0 Å². The SMILES string of the molecule is O=C(Cn1cnc2cccnc21)OCc1ccccc1.c1cnc2nc[nH]c2c1.